The number of carbonyl (C=O) groups excluding carboxylic acids is 1. The van der Waals surface area contributed by atoms with Crippen molar-refractivity contribution in [2.75, 3.05) is 51.3 Å². The normalized spacial score (nSPS) is 18.4. The highest BCUT2D eigenvalue weighted by Crippen LogP contribution is 2.20. The summed E-state index contributed by atoms with van der Waals surface area (Å²) in [4.78, 5) is 19.7. The lowest BCUT2D eigenvalue weighted by molar-refractivity contribution is 0.0384. The van der Waals surface area contributed by atoms with Crippen LogP contribution >= 0.6 is 0 Å². The average Bonchev–Trinajstić information content (AvgIpc) is 2.66. The minimum atomic E-state index is 0.147. The van der Waals surface area contributed by atoms with Gasteiger partial charge in [-0.3, -0.25) is 9.69 Å². The van der Waals surface area contributed by atoms with Crippen molar-refractivity contribution in [1.82, 2.24) is 9.80 Å². The molecule has 5 nitrogen and oxygen atoms in total. The van der Waals surface area contributed by atoms with E-state index in [-0.39, 0.29) is 5.91 Å². The molecule has 0 saturated carbocycles. The molecule has 5 heteroatoms. The van der Waals surface area contributed by atoms with Crippen LogP contribution < -0.4 is 4.90 Å². The van der Waals surface area contributed by atoms with Gasteiger partial charge in [-0.05, 0) is 51.5 Å². The fourth-order valence-electron chi connectivity index (χ4n) is 3.79. The summed E-state index contributed by atoms with van der Waals surface area (Å²) in [6.07, 6.45) is 1.05. The summed E-state index contributed by atoms with van der Waals surface area (Å²) in [5.41, 5.74) is 1.96. The van der Waals surface area contributed by atoms with Crippen molar-refractivity contribution in [2.24, 2.45) is 0 Å². The lowest BCUT2D eigenvalue weighted by Gasteiger charge is -2.41. The molecule has 1 aliphatic heterocycles. The second kappa shape index (κ2) is 9.93. The molecule has 26 heavy (non-hydrogen) atoms. The minimum Gasteiger partial charge on any atom is -0.383 e. The van der Waals surface area contributed by atoms with E-state index in [0.29, 0.717) is 12.1 Å². The Balaban J connectivity index is 2.02. The van der Waals surface area contributed by atoms with Crippen molar-refractivity contribution in [1.29, 1.82) is 0 Å². The molecule has 1 atom stereocenters. The van der Waals surface area contributed by atoms with Crippen LogP contribution in [0.3, 0.4) is 0 Å². The van der Waals surface area contributed by atoms with E-state index in [1.165, 1.54) is 5.69 Å². The largest absolute Gasteiger partial charge is 0.383 e. The maximum atomic E-state index is 12.9. The summed E-state index contributed by atoms with van der Waals surface area (Å²) in [5.74, 6) is 0.147. The van der Waals surface area contributed by atoms with E-state index in [9.17, 15) is 4.79 Å². The number of anilines is 1. The van der Waals surface area contributed by atoms with Crippen LogP contribution in [0.5, 0.6) is 0 Å². The zero-order chi connectivity index (χ0) is 19.1. The van der Waals surface area contributed by atoms with E-state index in [1.807, 2.05) is 17.0 Å². The molecule has 0 spiro atoms. The lowest BCUT2D eigenvalue weighted by atomic mass is 10.1. The highest BCUT2D eigenvalue weighted by Gasteiger charge is 2.28. The Kier molecular flexibility index (Phi) is 7.91. The zero-order valence-corrected chi connectivity index (χ0v) is 17.1. The number of rotatable bonds is 8. The van der Waals surface area contributed by atoms with E-state index >= 15 is 0 Å². The van der Waals surface area contributed by atoms with Gasteiger partial charge in [-0.25, -0.2) is 0 Å². The van der Waals surface area contributed by atoms with Crippen LogP contribution in [-0.4, -0.2) is 74.2 Å². The van der Waals surface area contributed by atoms with Gasteiger partial charge < -0.3 is 14.5 Å². The molecule has 1 saturated heterocycles. The second-order valence-corrected chi connectivity index (χ2v) is 7.27. The molecule has 1 unspecified atom stereocenters. The number of hydrogen-bond acceptors (Lipinski definition) is 4. The van der Waals surface area contributed by atoms with Gasteiger partial charge in [0.05, 0.1) is 6.61 Å². The molecular formula is C21H35N3O2. The molecule has 146 valence electrons. The highest BCUT2D eigenvalue weighted by molar-refractivity contribution is 5.94. The average molecular weight is 362 g/mol. The Labute approximate surface area is 158 Å². The number of ether oxygens (including phenoxy) is 1. The topological polar surface area (TPSA) is 36.0 Å². The molecule has 0 N–H and O–H groups in total. The molecule has 0 bridgehead atoms. The van der Waals surface area contributed by atoms with E-state index < -0.39 is 0 Å². The first-order chi connectivity index (χ1) is 12.5. The van der Waals surface area contributed by atoms with Gasteiger partial charge in [-0.15, -0.1) is 0 Å². The minimum absolute atomic E-state index is 0.147. The third-order valence-corrected chi connectivity index (χ3v) is 5.36. The Morgan fingerprint density at radius 3 is 2.46 bits per heavy atom. The van der Waals surface area contributed by atoms with E-state index in [4.69, 9.17) is 4.74 Å². The Morgan fingerprint density at radius 2 is 1.92 bits per heavy atom. The smallest absolute Gasteiger partial charge is 0.253 e. The fraction of sp³-hybridized carbons (Fsp3) is 0.667. The van der Waals surface area contributed by atoms with Crippen LogP contribution in [0.2, 0.25) is 0 Å². The van der Waals surface area contributed by atoms with Gasteiger partial charge in [0.2, 0.25) is 0 Å². The Morgan fingerprint density at radius 1 is 1.23 bits per heavy atom. The zero-order valence-electron chi connectivity index (χ0n) is 17.1. The molecule has 1 amide bonds. The first-order valence-corrected chi connectivity index (χ1v) is 9.90. The van der Waals surface area contributed by atoms with E-state index in [1.54, 1.807) is 7.11 Å². The van der Waals surface area contributed by atoms with Gasteiger partial charge in [0.15, 0.2) is 0 Å². The highest BCUT2D eigenvalue weighted by atomic mass is 16.5. The first-order valence-electron chi connectivity index (χ1n) is 9.90. The van der Waals surface area contributed by atoms with Gasteiger partial charge >= 0.3 is 0 Å². The summed E-state index contributed by atoms with van der Waals surface area (Å²) >= 11 is 0. The number of amides is 1. The number of piperazine rings is 1. The lowest BCUT2D eigenvalue weighted by Crippen LogP contribution is -2.55. The molecule has 0 aromatic heterocycles. The fourth-order valence-corrected chi connectivity index (χ4v) is 3.79. The molecular weight excluding hydrogens is 326 g/mol. The number of methoxy groups -OCH3 is 1. The second-order valence-electron chi connectivity index (χ2n) is 7.27. The quantitative estimate of drug-likeness (QED) is 0.713. The Bertz CT molecular complexity index is 559. The van der Waals surface area contributed by atoms with E-state index in [0.717, 1.165) is 51.3 Å². The summed E-state index contributed by atoms with van der Waals surface area (Å²) in [6, 6.07) is 8.96. The van der Waals surface area contributed by atoms with Crippen LogP contribution in [-0.2, 0) is 4.74 Å². The molecule has 1 aromatic carbocycles. The number of benzene rings is 1. The maximum absolute atomic E-state index is 12.9. The maximum Gasteiger partial charge on any atom is 0.253 e. The van der Waals surface area contributed by atoms with Gasteiger partial charge in [0.1, 0.15) is 0 Å². The van der Waals surface area contributed by atoms with Crippen molar-refractivity contribution in [3.05, 3.63) is 29.8 Å². The predicted octanol–water partition coefficient (Wildman–Crippen LogP) is 3.10. The molecule has 1 aliphatic rings. The van der Waals surface area contributed by atoms with Crippen molar-refractivity contribution < 1.29 is 9.53 Å². The molecule has 1 heterocycles. The predicted molar refractivity (Wildman–Crippen MR) is 108 cm³/mol. The molecule has 2 rings (SSSR count). The Hall–Kier alpha value is -1.59. The van der Waals surface area contributed by atoms with Crippen LogP contribution in [0.15, 0.2) is 24.3 Å². The molecule has 1 aromatic rings. The summed E-state index contributed by atoms with van der Waals surface area (Å²) in [5, 5.41) is 0. The van der Waals surface area contributed by atoms with Crippen LogP contribution in [0.1, 0.15) is 44.5 Å². The number of carbonyl (C=O) groups is 1. The van der Waals surface area contributed by atoms with Crippen molar-refractivity contribution in [2.45, 2.75) is 46.2 Å². The SMILES string of the molecule is CCC1CN(C(=O)c2ccc(N(CC)C(C)C)cc2)CCN1CCOC. The third-order valence-electron chi connectivity index (χ3n) is 5.36. The summed E-state index contributed by atoms with van der Waals surface area (Å²) < 4.78 is 5.21. The molecule has 1 fully saturated rings. The standard InChI is InChI=1S/C21H35N3O2/c1-6-19-16-23(13-12-22(19)14-15-26-5)21(25)18-8-10-20(11-9-18)24(7-2)17(3)4/h8-11,17,19H,6-7,12-16H2,1-5H3. The summed E-state index contributed by atoms with van der Waals surface area (Å²) in [7, 11) is 1.74. The van der Waals surface area contributed by atoms with Gasteiger partial charge in [0, 0.05) is 63.2 Å². The van der Waals surface area contributed by atoms with Crippen molar-refractivity contribution in [3.63, 3.8) is 0 Å². The molecule has 0 radical (unpaired) electrons. The van der Waals surface area contributed by atoms with Crippen LogP contribution in [0.4, 0.5) is 5.69 Å². The first kappa shape index (κ1) is 20.7. The van der Waals surface area contributed by atoms with E-state index in [2.05, 4.69) is 49.6 Å². The third kappa shape index (κ3) is 4.98. The summed E-state index contributed by atoms with van der Waals surface area (Å²) in [6.45, 7) is 13.9. The van der Waals surface area contributed by atoms with Gasteiger partial charge in [-0.1, -0.05) is 6.92 Å². The molecule has 0 aliphatic carbocycles. The van der Waals surface area contributed by atoms with Gasteiger partial charge in [-0.2, -0.15) is 0 Å². The van der Waals surface area contributed by atoms with Gasteiger partial charge in [0.25, 0.3) is 5.91 Å². The van der Waals surface area contributed by atoms with Crippen molar-refractivity contribution in [3.8, 4) is 0 Å². The van der Waals surface area contributed by atoms with Crippen LogP contribution in [0.25, 0.3) is 0 Å². The van der Waals surface area contributed by atoms with Crippen molar-refractivity contribution >= 4 is 11.6 Å². The number of hydrogen-bond donors (Lipinski definition) is 0. The monoisotopic (exact) mass is 361 g/mol. The van der Waals surface area contributed by atoms with Crippen LogP contribution in [0, 0.1) is 0 Å². The number of nitrogens with zero attached hydrogens (tertiary/aromatic N) is 3.